The zero-order valence-corrected chi connectivity index (χ0v) is 24.0. The standard InChI is InChI=1S/C27H38ClN3O5S/c1-7-24(27(33)29-19(2)3)30(18-21-10-8-11-23(16-21)36-5)26(32)12-9-15-31(37(6,34)35)25-17-22(28)14-13-20(25)4/h8,10-11,13-14,16-17,19,24H,7,9,12,15,18H2,1-6H3,(H,29,33)/t24-/m1/s1. The van der Waals surface area contributed by atoms with Crippen LogP contribution in [-0.4, -0.2) is 57.1 Å². The first kappa shape index (κ1) is 30.4. The van der Waals surface area contributed by atoms with Crippen molar-refractivity contribution < 1.29 is 22.7 Å². The molecule has 1 N–H and O–H groups in total. The monoisotopic (exact) mass is 551 g/mol. The molecular formula is C27H38ClN3O5S. The molecule has 8 nitrogen and oxygen atoms in total. The Kier molecular flexibility index (Phi) is 11.3. The van der Waals surface area contributed by atoms with Crippen molar-refractivity contribution in [2.75, 3.05) is 24.2 Å². The van der Waals surface area contributed by atoms with Crippen molar-refractivity contribution in [3.05, 3.63) is 58.6 Å². The van der Waals surface area contributed by atoms with Crippen LogP contribution >= 0.6 is 11.6 Å². The normalized spacial score (nSPS) is 12.2. The molecule has 0 bridgehead atoms. The molecule has 2 rings (SSSR count). The van der Waals surface area contributed by atoms with Crippen LogP contribution < -0.4 is 14.4 Å². The number of carbonyl (C=O) groups excluding carboxylic acids is 2. The first-order chi connectivity index (χ1) is 17.4. The van der Waals surface area contributed by atoms with E-state index in [9.17, 15) is 18.0 Å². The number of methoxy groups -OCH3 is 1. The minimum atomic E-state index is -3.61. The van der Waals surface area contributed by atoms with E-state index in [-0.39, 0.29) is 43.8 Å². The second kappa shape index (κ2) is 13.7. The number of carbonyl (C=O) groups is 2. The molecule has 0 heterocycles. The highest BCUT2D eigenvalue weighted by Gasteiger charge is 2.29. The number of benzene rings is 2. The topological polar surface area (TPSA) is 96.0 Å². The van der Waals surface area contributed by atoms with Crippen LogP contribution in [0, 0.1) is 6.92 Å². The number of rotatable bonds is 13. The summed E-state index contributed by atoms with van der Waals surface area (Å²) in [4.78, 5) is 28.1. The number of aryl methyl sites for hydroxylation is 1. The van der Waals surface area contributed by atoms with E-state index < -0.39 is 16.1 Å². The summed E-state index contributed by atoms with van der Waals surface area (Å²) >= 11 is 6.12. The first-order valence-electron chi connectivity index (χ1n) is 12.3. The summed E-state index contributed by atoms with van der Waals surface area (Å²) in [6.45, 7) is 7.75. The highest BCUT2D eigenvalue weighted by Crippen LogP contribution is 2.27. The van der Waals surface area contributed by atoms with Gasteiger partial charge in [0.2, 0.25) is 21.8 Å². The predicted molar refractivity (Wildman–Crippen MR) is 149 cm³/mol. The molecule has 2 aromatic rings. The Balaban J connectivity index is 2.27. The molecule has 1 atom stereocenters. The van der Waals surface area contributed by atoms with Crippen molar-refractivity contribution in [3.63, 3.8) is 0 Å². The summed E-state index contributed by atoms with van der Waals surface area (Å²) in [5.41, 5.74) is 2.08. The number of ether oxygens (including phenoxy) is 1. The maximum absolute atomic E-state index is 13.5. The van der Waals surface area contributed by atoms with E-state index in [2.05, 4.69) is 5.32 Å². The largest absolute Gasteiger partial charge is 0.497 e. The highest BCUT2D eigenvalue weighted by atomic mass is 35.5. The number of halogens is 1. The number of anilines is 1. The van der Waals surface area contributed by atoms with Crippen LogP contribution in [0.15, 0.2) is 42.5 Å². The molecule has 0 radical (unpaired) electrons. The zero-order valence-electron chi connectivity index (χ0n) is 22.5. The fourth-order valence-electron chi connectivity index (χ4n) is 4.10. The maximum Gasteiger partial charge on any atom is 0.243 e. The summed E-state index contributed by atoms with van der Waals surface area (Å²) in [6.07, 6.45) is 1.91. The molecule has 2 aromatic carbocycles. The van der Waals surface area contributed by atoms with Crippen LogP contribution in [0.5, 0.6) is 5.75 Å². The van der Waals surface area contributed by atoms with E-state index in [4.69, 9.17) is 16.3 Å². The van der Waals surface area contributed by atoms with Gasteiger partial charge in [-0.05, 0) is 69.0 Å². The van der Waals surface area contributed by atoms with Crippen molar-refractivity contribution in [2.24, 2.45) is 0 Å². The lowest BCUT2D eigenvalue weighted by molar-refractivity contribution is -0.141. The Bertz CT molecular complexity index is 1190. The van der Waals surface area contributed by atoms with Gasteiger partial charge in [-0.3, -0.25) is 13.9 Å². The maximum atomic E-state index is 13.5. The minimum absolute atomic E-state index is 0.0698. The van der Waals surface area contributed by atoms with Crippen molar-refractivity contribution in [3.8, 4) is 5.75 Å². The minimum Gasteiger partial charge on any atom is -0.497 e. The molecule has 204 valence electrons. The van der Waals surface area contributed by atoms with E-state index in [0.29, 0.717) is 22.9 Å². The molecule has 0 saturated heterocycles. The first-order valence-corrected chi connectivity index (χ1v) is 14.6. The van der Waals surface area contributed by atoms with E-state index in [1.807, 2.05) is 52.0 Å². The molecular weight excluding hydrogens is 514 g/mol. The van der Waals surface area contributed by atoms with E-state index >= 15 is 0 Å². The van der Waals surface area contributed by atoms with Crippen LogP contribution in [0.25, 0.3) is 0 Å². The third-order valence-corrected chi connectivity index (χ3v) is 7.31. The fraction of sp³-hybridized carbons (Fsp3) is 0.481. The lowest BCUT2D eigenvalue weighted by Gasteiger charge is -2.32. The fourth-order valence-corrected chi connectivity index (χ4v) is 5.28. The van der Waals surface area contributed by atoms with Crippen LogP contribution in [0.4, 0.5) is 5.69 Å². The number of hydrogen-bond acceptors (Lipinski definition) is 5. The average molecular weight is 552 g/mol. The Morgan fingerprint density at radius 3 is 2.43 bits per heavy atom. The Morgan fingerprint density at radius 2 is 1.84 bits per heavy atom. The predicted octanol–water partition coefficient (Wildman–Crippen LogP) is 4.54. The summed E-state index contributed by atoms with van der Waals surface area (Å²) in [5.74, 6) is 0.205. The van der Waals surface area contributed by atoms with E-state index in [1.165, 1.54) is 4.31 Å². The van der Waals surface area contributed by atoms with Crippen molar-refractivity contribution >= 4 is 39.1 Å². The number of nitrogens with zero attached hydrogens (tertiary/aromatic N) is 2. The Hall–Kier alpha value is -2.78. The molecule has 0 fully saturated rings. The van der Waals surface area contributed by atoms with Crippen molar-refractivity contribution in [2.45, 2.75) is 65.6 Å². The molecule has 10 heteroatoms. The van der Waals surface area contributed by atoms with Crippen LogP contribution in [0.1, 0.15) is 51.2 Å². The van der Waals surface area contributed by atoms with Crippen LogP contribution in [-0.2, 0) is 26.2 Å². The highest BCUT2D eigenvalue weighted by molar-refractivity contribution is 7.92. The average Bonchev–Trinajstić information content (AvgIpc) is 2.82. The van der Waals surface area contributed by atoms with Gasteiger partial charge in [-0.25, -0.2) is 8.42 Å². The lowest BCUT2D eigenvalue weighted by Crippen LogP contribution is -2.50. The van der Waals surface area contributed by atoms with Gasteiger partial charge >= 0.3 is 0 Å². The molecule has 0 saturated carbocycles. The van der Waals surface area contributed by atoms with Gasteiger partial charge in [-0.2, -0.15) is 0 Å². The number of nitrogens with one attached hydrogen (secondary N) is 1. The van der Waals surface area contributed by atoms with Gasteiger partial charge in [0, 0.05) is 30.6 Å². The molecule has 0 aromatic heterocycles. The molecule has 0 aliphatic rings. The second-order valence-electron chi connectivity index (χ2n) is 9.33. The van der Waals surface area contributed by atoms with Gasteiger partial charge in [-0.1, -0.05) is 36.7 Å². The summed E-state index contributed by atoms with van der Waals surface area (Å²) in [5, 5.41) is 3.33. The number of amides is 2. The molecule has 0 aliphatic carbocycles. The van der Waals surface area contributed by atoms with Crippen LogP contribution in [0.2, 0.25) is 5.02 Å². The summed E-state index contributed by atoms with van der Waals surface area (Å²) in [6, 6.07) is 11.7. The van der Waals surface area contributed by atoms with Gasteiger partial charge in [0.15, 0.2) is 0 Å². The quantitative estimate of drug-likeness (QED) is 0.394. The third kappa shape index (κ3) is 8.93. The summed E-state index contributed by atoms with van der Waals surface area (Å²) < 4.78 is 31.7. The van der Waals surface area contributed by atoms with Crippen molar-refractivity contribution in [1.29, 1.82) is 0 Å². The van der Waals surface area contributed by atoms with Gasteiger partial charge in [0.05, 0.1) is 19.1 Å². The van der Waals surface area contributed by atoms with E-state index in [0.717, 1.165) is 17.4 Å². The van der Waals surface area contributed by atoms with Crippen molar-refractivity contribution in [1.82, 2.24) is 10.2 Å². The molecule has 0 spiro atoms. The Labute approximate surface area is 226 Å². The van der Waals surface area contributed by atoms with Gasteiger partial charge in [0.25, 0.3) is 0 Å². The smallest absolute Gasteiger partial charge is 0.243 e. The third-order valence-electron chi connectivity index (χ3n) is 5.90. The SMILES string of the molecule is CC[C@H](C(=O)NC(C)C)N(Cc1cccc(OC)c1)C(=O)CCCN(c1cc(Cl)ccc1C)S(C)(=O)=O. The molecule has 0 aliphatic heterocycles. The number of hydrogen-bond donors (Lipinski definition) is 1. The molecule has 0 unspecified atom stereocenters. The van der Waals surface area contributed by atoms with Gasteiger partial charge in [-0.15, -0.1) is 0 Å². The molecule has 2 amide bonds. The van der Waals surface area contributed by atoms with Gasteiger partial charge < -0.3 is 15.0 Å². The van der Waals surface area contributed by atoms with Crippen LogP contribution in [0.3, 0.4) is 0 Å². The number of sulfonamides is 1. The summed E-state index contributed by atoms with van der Waals surface area (Å²) in [7, 11) is -2.04. The zero-order chi connectivity index (χ0) is 27.8. The lowest BCUT2D eigenvalue weighted by atomic mass is 10.1. The van der Waals surface area contributed by atoms with Gasteiger partial charge in [0.1, 0.15) is 11.8 Å². The Morgan fingerprint density at radius 1 is 1.14 bits per heavy atom. The second-order valence-corrected chi connectivity index (χ2v) is 11.7. The molecule has 37 heavy (non-hydrogen) atoms. The van der Waals surface area contributed by atoms with E-state index in [1.54, 1.807) is 30.2 Å².